The molecule has 1 aromatic carbocycles. The van der Waals surface area contributed by atoms with E-state index < -0.39 is 42.0 Å². The van der Waals surface area contributed by atoms with Crippen LogP contribution in [0.15, 0.2) is 30.5 Å². The van der Waals surface area contributed by atoms with Gasteiger partial charge in [-0.2, -0.15) is 11.8 Å². The van der Waals surface area contributed by atoms with E-state index in [1.165, 1.54) is 18.7 Å². The van der Waals surface area contributed by atoms with Crippen LogP contribution in [0, 0.1) is 0 Å². The van der Waals surface area contributed by atoms with E-state index in [0.29, 0.717) is 12.2 Å². The van der Waals surface area contributed by atoms with E-state index in [1.54, 1.807) is 6.20 Å². The summed E-state index contributed by atoms with van der Waals surface area (Å²) in [4.78, 5) is 39.7. The molecule has 1 heterocycles. The number of aliphatic hydroxyl groups is 1. The van der Waals surface area contributed by atoms with Crippen LogP contribution in [0.3, 0.4) is 0 Å². The number of carboxylic acid groups (broad SMARTS) is 1. The fourth-order valence-electron chi connectivity index (χ4n) is 3.02. The number of fused-ring (bicyclic) bond motifs is 1. The lowest BCUT2D eigenvalue weighted by molar-refractivity contribution is -0.142. The van der Waals surface area contributed by atoms with Gasteiger partial charge in [0.05, 0.1) is 12.1 Å². The molecule has 0 aliphatic rings. The first-order valence-corrected chi connectivity index (χ1v) is 10.9. The van der Waals surface area contributed by atoms with Gasteiger partial charge in [-0.3, -0.25) is 9.59 Å². The lowest BCUT2D eigenvalue weighted by Crippen LogP contribution is -2.58. The number of hydrogen-bond acceptors (Lipinski definition) is 6. The van der Waals surface area contributed by atoms with Gasteiger partial charge in [-0.1, -0.05) is 18.2 Å². The number of benzene rings is 1. The maximum atomic E-state index is 12.7. The number of nitrogens with one attached hydrogen (secondary N) is 3. The molecule has 0 saturated carbocycles. The Kier molecular flexibility index (Phi) is 8.70. The molecule has 30 heavy (non-hydrogen) atoms. The molecule has 7 N–H and O–H groups in total. The Morgan fingerprint density at radius 3 is 2.53 bits per heavy atom. The van der Waals surface area contributed by atoms with E-state index in [1.807, 2.05) is 30.5 Å². The zero-order chi connectivity index (χ0) is 22.3. The van der Waals surface area contributed by atoms with Gasteiger partial charge < -0.3 is 31.6 Å². The summed E-state index contributed by atoms with van der Waals surface area (Å²) < 4.78 is 0. The zero-order valence-corrected chi connectivity index (χ0v) is 17.7. The van der Waals surface area contributed by atoms with Gasteiger partial charge >= 0.3 is 5.97 Å². The van der Waals surface area contributed by atoms with Crippen molar-refractivity contribution < 1.29 is 24.6 Å². The summed E-state index contributed by atoms with van der Waals surface area (Å²) in [7, 11) is 0. The summed E-state index contributed by atoms with van der Waals surface area (Å²) in [5.41, 5.74) is 7.40. The van der Waals surface area contributed by atoms with Crippen LogP contribution in [0.25, 0.3) is 10.9 Å². The topological polar surface area (TPSA) is 158 Å². The van der Waals surface area contributed by atoms with E-state index in [9.17, 15) is 24.6 Å². The molecule has 0 aliphatic carbocycles. The third kappa shape index (κ3) is 6.22. The molecule has 164 valence electrons. The fourth-order valence-corrected chi connectivity index (χ4v) is 3.51. The summed E-state index contributed by atoms with van der Waals surface area (Å²) in [5.74, 6) is -1.91. The molecule has 0 saturated heterocycles. The second kappa shape index (κ2) is 11.0. The van der Waals surface area contributed by atoms with Crippen LogP contribution < -0.4 is 16.4 Å². The van der Waals surface area contributed by atoms with Crippen LogP contribution in [0.5, 0.6) is 0 Å². The molecule has 0 radical (unpaired) electrons. The number of aromatic nitrogens is 1. The Balaban J connectivity index is 2.09. The molecule has 0 spiro atoms. The van der Waals surface area contributed by atoms with Crippen LogP contribution in [-0.4, -0.2) is 69.2 Å². The highest BCUT2D eigenvalue weighted by Gasteiger charge is 2.31. The first-order valence-electron chi connectivity index (χ1n) is 9.55. The van der Waals surface area contributed by atoms with Crippen molar-refractivity contribution in [1.29, 1.82) is 0 Å². The molecular weight excluding hydrogens is 408 g/mol. The van der Waals surface area contributed by atoms with Crippen molar-refractivity contribution >= 4 is 40.4 Å². The number of amides is 2. The van der Waals surface area contributed by atoms with Crippen molar-refractivity contribution in [3.05, 3.63) is 36.0 Å². The minimum absolute atomic E-state index is 0.0405. The van der Waals surface area contributed by atoms with Crippen LogP contribution in [0.2, 0.25) is 0 Å². The number of carboxylic acids is 1. The predicted molar refractivity (Wildman–Crippen MR) is 116 cm³/mol. The summed E-state index contributed by atoms with van der Waals surface area (Å²) in [5, 5.41) is 25.2. The molecule has 0 fully saturated rings. The molecule has 9 nitrogen and oxygen atoms in total. The van der Waals surface area contributed by atoms with Crippen LogP contribution >= 0.6 is 11.8 Å². The minimum Gasteiger partial charge on any atom is -0.480 e. The van der Waals surface area contributed by atoms with Crippen LogP contribution in [-0.2, 0) is 20.8 Å². The molecule has 0 aliphatic heterocycles. The first kappa shape index (κ1) is 23.7. The summed E-state index contributed by atoms with van der Waals surface area (Å²) >= 11 is 1.54. The standard InChI is InChI=1S/C20H28N4O5S/c1-11(25)17(24-18(26)14(21)7-8-30-2)19(27)23-16(20(28)29)9-12-10-22-15-6-4-3-5-13(12)15/h3-6,10-11,14,16-17,22,25H,7-9,21H2,1-2H3,(H,23,27)(H,24,26)(H,28,29)/t11-,14+,16+,17+/m1/s1. The van der Waals surface area contributed by atoms with E-state index in [2.05, 4.69) is 15.6 Å². The van der Waals surface area contributed by atoms with Gasteiger partial charge in [-0.05, 0) is 37.0 Å². The third-order valence-electron chi connectivity index (χ3n) is 4.75. The van der Waals surface area contributed by atoms with Crippen LogP contribution in [0.4, 0.5) is 0 Å². The number of aliphatic carboxylic acids is 1. The highest BCUT2D eigenvalue weighted by atomic mass is 32.2. The van der Waals surface area contributed by atoms with E-state index in [4.69, 9.17) is 5.73 Å². The second-order valence-corrected chi connectivity index (χ2v) is 8.06. The van der Waals surface area contributed by atoms with Gasteiger partial charge in [0.1, 0.15) is 12.1 Å². The Labute approximate surface area is 178 Å². The summed E-state index contributed by atoms with van der Waals surface area (Å²) in [6.07, 6.45) is 2.81. The predicted octanol–water partition coefficient (Wildman–Crippen LogP) is 0.226. The van der Waals surface area contributed by atoms with Gasteiger partial charge in [-0.25, -0.2) is 4.79 Å². The third-order valence-corrected chi connectivity index (χ3v) is 5.39. The molecule has 2 aromatic rings. The number of thioether (sulfide) groups is 1. The number of aliphatic hydroxyl groups excluding tert-OH is 1. The quantitative estimate of drug-likeness (QED) is 0.294. The zero-order valence-electron chi connectivity index (χ0n) is 16.9. The molecule has 10 heteroatoms. The second-order valence-electron chi connectivity index (χ2n) is 7.08. The number of hydrogen-bond donors (Lipinski definition) is 6. The van der Waals surface area contributed by atoms with Crippen molar-refractivity contribution in [2.24, 2.45) is 5.73 Å². The van der Waals surface area contributed by atoms with E-state index >= 15 is 0 Å². The highest BCUT2D eigenvalue weighted by molar-refractivity contribution is 7.98. The Bertz CT molecular complexity index is 885. The SMILES string of the molecule is CSCC[C@H](N)C(=O)N[C@H](C(=O)N[C@@H](Cc1c[nH]c2ccccc12)C(=O)O)[C@@H](C)O. The monoisotopic (exact) mass is 436 g/mol. The molecule has 4 atom stereocenters. The number of rotatable bonds is 11. The van der Waals surface area contributed by atoms with Crippen molar-refractivity contribution in [2.45, 2.75) is 44.0 Å². The van der Waals surface area contributed by atoms with Gasteiger partial charge in [0.15, 0.2) is 0 Å². The van der Waals surface area contributed by atoms with E-state index in [-0.39, 0.29) is 6.42 Å². The largest absolute Gasteiger partial charge is 0.480 e. The molecule has 2 rings (SSSR count). The number of carbonyl (C=O) groups is 3. The normalized spacial score (nSPS) is 15.2. The molecule has 1 aromatic heterocycles. The fraction of sp³-hybridized carbons (Fsp3) is 0.450. The van der Waals surface area contributed by atoms with Crippen molar-refractivity contribution in [2.75, 3.05) is 12.0 Å². The average molecular weight is 437 g/mol. The molecule has 0 bridgehead atoms. The lowest BCUT2D eigenvalue weighted by Gasteiger charge is -2.24. The number of aromatic amines is 1. The molecular formula is C20H28N4O5S. The number of H-pyrrole nitrogens is 1. The van der Waals surface area contributed by atoms with Crippen LogP contribution in [0.1, 0.15) is 18.9 Å². The van der Waals surface area contributed by atoms with Crippen molar-refractivity contribution in [1.82, 2.24) is 15.6 Å². The average Bonchev–Trinajstić information content (AvgIpc) is 3.11. The van der Waals surface area contributed by atoms with Crippen molar-refractivity contribution in [3.63, 3.8) is 0 Å². The lowest BCUT2D eigenvalue weighted by atomic mass is 10.0. The van der Waals surface area contributed by atoms with Gasteiger partial charge in [0, 0.05) is 23.5 Å². The number of para-hydroxylation sites is 1. The Morgan fingerprint density at radius 2 is 1.90 bits per heavy atom. The van der Waals surface area contributed by atoms with Crippen molar-refractivity contribution in [3.8, 4) is 0 Å². The maximum Gasteiger partial charge on any atom is 0.326 e. The van der Waals surface area contributed by atoms with Gasteiger partial charge in [0.25, 0.3) is 0 Å². The Morgan fingerprint density at radius 1 is 1.20 bits per heavy atom. The molecule has 0 unspecified atom stereocenters. The Hall–Kier alpha value is -2.56. The number of carbonyl (C=O) groups excluding carboxylic acids is 2. The smallest absolute Gasteiger partial charge is 0.326 e. The number of nitrogens with two attached hydrogens (primary N) is 1. The van der Waals surface area contributed by atoms with E-state index in [0.717, 1.165) is 16.5 Å². The summed E-state index contributed by atoms with van der Waals surface area (Å²) in [6, 6.07) is 4.05. The first-order chi connectivity index (χ1) is 14.2. The molecule has 2 amide bonds. The summed E-state index contributed by atoms with van der Waals surface area (Å²) in [6.45, 7) is 1.34. The highest BCUT2D eigenvalue weighted by Crippen LogP contribution is 2.19. The maximum absolute atomic E-state index is 12.7. The van der Waals surface area contributed by atoms with Gasteiger partial charge in [-0.15, -0.1) is 0 Å². The minimum atomic E-state index is -1.32. The van der Waals surface area contributed by atoms with Gasteiger partial charge in [0.2, 0.25) is 11.8 Å².